The summed E-state index contributed by atoms with van der Waals surface area (Å²) in [4.78, 5) is 2.52. The summed E-state index contributed by atoms with van der Waals surface area (Å²) in [7, 11) is 2.27. The fourth-order valence-corrected chi connectivity index (χ4v) is 2.35. The van der Waals surface area contributed by atoms with Gasteiger partial charge in [-0.15, -0.1) is 0 Å². The molecule has 2 heteroatoms. The minimum atomic E-state index is 0.796. The summed E-state index contributed by atoms with van der Waals surface area (Å²) >= 11 is 0. The Bertz CT molecular complexity index is 147. The Morgan fingerprint density at radius 3 is 2.80 bits per heavy atom. The summed E-state index contributed by atoms with van der Waals surface area (Å²) < 4.78 is 0. The zero-order chi connectivity index (χ0) is 10.9. The molecule has 0 bridgehead atoms. The van der Waals surface area contributed by atoms with Crippen molar-refractivity contribution >= 4 is 0 Å². The van der Waals surface area contributed by atoms with Crippen molar-refractivity contribution in [3.05, 3.63) is 0 Å². The molecule has 0 aliphatic carbocycles. The molecular weight excluding hydrogens is 184 g/mol. The summed E-state index contributed by atoms with van der Waals surface area (Å²) in [5.41, 5.74) is 0. The Balaban J connectivity index is 1.94. The monoisotopic (exact) mass is 212 g/mol. The second-order valence-corrected chi connectivity index (χ2v) is 4.89. The van der Waals surface area contributed by atoms with Crippen molar-refractivity contribution in [1.82, 2.24) is 10.2 Å². The van der Waals surface area contributed by atoms with Gasteiger partial charge < -0.3 is 10.2 Å². The molecule has 1 N–H and O–H groups in total. The summed E-state index contributed by atoms with van der Waals surface area (Å²) in [6.07, 6.45) is 9.68. The Hall–Kier alpha value is -0.0800. The van der Waals surface area contributed by atoms with Crippen LogP contribution in [-0.4, -0.2) is 37.6 Å². The van der Waals surface area contributed by atoms with Crippen molar-refractivity contribution in [3.8, 4) is 0 Å². The second kappa shape index (κ2) is 8.12. The van der Waals surface area contributed by atoms with Crippen LogP contribution in [0.1, 0.15) is 51.9 Å². The SMILES string of the molecule is CCCCCCNCC1CCCCN1C. The predicted octanol–water partition coefficient (Wildman–Crippen LogP) is 2.64. The van der Waals surface area contributed by atoms with Gasteiger partial charge in [0.25, 0.3) is 0 Å². The molecule has 1 atom stereocenters. The molecule has 2 nitrogen and oxygen atoms in total. The first-order chi connectivity index (χ1) is 7.34. The van der Waals surface area contributed by atoms with Crippen LogP contribution in [-0.2, 0) is 0 Å². The molecule has 1 aliphatic heterocycles. The van der Waals surface area contributed by atoms with E-state index in [4.69, 9.17) is 0 Å². The summed E-state index contributed by atoms with van der Waals surface area (Å²) in [5, 5.41) is 3.60. The molecule has 15 heavy (non-hydrogen) atoms. The van der Waals surface area contributed by atoms with Crippen LogP contribution in [0.25, 0.3) is 0 Å². The fourth-order valence-electron chi connectivity index (χ4n) is 2.35. The maximum absolute atomic E-state index is 3.60. The fraction of sp³-hybridized carbons (Fsp3) is 1.00. The van der Waals surface area contributed by atoms with E-state index >= 15 is 0 Å². The Labute approximate surface area is 95.4 Å². The average Bonchev–Trinajstić information content (AvgIpc) is 2.25. The van der Waals surface area contributed by atoms with Crippen molar-refractivity contribution < 1.29 is 0 Å². The molecule has 1 unspecified atom stereocenters. The van der Waals surface area contributed by atoms with Gasteiger partial charge in [-0.05, 0) is 39.4 Å². The highest BCUT2D eigenvalue weighted by Crippen LogP contribution is 2.13. The number of nitrogens with one attached hydrogen (secondary N) is 1. The van der Waals surface area contributed by atoms with Crippen LogP contribution in [0, 0.1) is 0 Å². The van der Waals surface area contributed by atoms with Gasteiger partial charge in [0.2, 0.25) is 0 Å². The molecule has 90 valence electrons. The lowest BCUT2D eigenvalue weighted by atomic mass is 10.0. The van der Waals surface area contributed by atoms with E-state index in [1.165, 1.54) is 64.6 Å². The van der Waals surface area contributed by atoms with Gasteiger partial charge in [-0.25, -0.2) is 0 Å². The highest BCUT2D eigenvalue weighted by molar-refractivity contribution is 4.75. The van der Waals surface area contributed by atoms with Crippen LogP contribution in [0.5, 0.6) is 0 Å². The number of likely N-dealkylation sites (N-methyl/N-ethyl adjacent to an activating group) is 1. The third-order valence-corrected chi connectivity index (χ3v) is 3.51. The number of piperidine rings is 1. The number of likely N-dealkylation sites (tertiary alicyclic amines) is 1. The smallest absolute Gasteiger partial charge is 0.0217 e. The van der Waals surface area contributed by atoms with Crippen LogP contribution in [0.3, 0.4) is 0 Å². The molecule has 0 aromatic rings. The van der Waals surface area contributed by atoms with Crippen LogP contribution >= 0.6 is 0 Å². The van der Waals surface area contributed by atoms with E-state index in [-0.39, 0.29) is 0 Å². The normalized spacial score (nSPS) is 23.2. The quantitative estimate of drug-likeness (QED) is 0.653. The lowest BCUT2D eigenvalue weighted by Crippen LogP contribution is -2.43. The number of unbranched alkanes of at least 4 members (excludes halogenated alkanes) is 3. The Morgan fingerprint density at radius 1 is 1.20 bits per heavy atom. The number of hydrogen-bond acceptors (Lipinski definition) is 2. The van der Waals surface area contributed by atoms with Gasteiger partial charge in [-0.2, -0.15) is 0 Å². The third kappa shape index (κ3) is 5.53. The first kappa shape index (κ1) is 13.0. The van der Waals surface area contributed by atoms with Crippen molar-refractivity contribution in [2.24, 2.45) is 0 Å². The van der Waals surface area contributed by atoms with E-state index < -0.39 is 0 Å². The minimum Gasteiger partial charge on any atom is -0.315 e. The van der Waals surface area contributed by atoms with E-state index in [1.807, 2.05) is 0 Å². The van der Waals surface area contributed by atoms with E-state index in [1.54, 1.807) is 0 Å². The number of rotatable bonds is 7. The molecule has 0 aromatic carbocycles. The van der Waals surface area contributed by atoms with Gasteiger partial charge in [0.05, 0.1) is 0 Å². The molecule has 0 saturated carbocycles. The van der Waals surface area contributed by atoms with Gasteiger partial charge in [0.1, 0.15) is 0 Å². The van der Waals surface area contributed by atoms with Crippen LogP contribution in [0.4, 0.5) is 0 Å². The summed E-state index contributed by atoms with van der Waals surface area (Å²) in [6.45, 7) is 5.97. The average molecular weight is 212 g/mol. The topological polar surface area (TPSA) is 15.3 Å². The van der Waals surface area contributed by atoms with Gasteiger partial charge in [0, 0.05) is 12.6 Å². The van der Waals surface area contributed by atoms with Crippen LogP contribution < -0.4 is 5.32 Å². The number of hydrogen-bond donors (Lipinski definition) is 1. The van der Waals surface area contributed by atoms with Crippen LogP contribution in [0.2, 0.25) is 0 Å². The summed E-state index contributed by atoms with van der Waals surface area (Å²) in [5.74, 6) is 0. The van der Waals surface area contributed by atoms with Crippen LogP contribution in [0.15, 0.2) is 0 Å². The maximum Gasteiger partial charge on any atom is 0.0217 e. The highest BCUT2D eigenvalue weighted by Gasteiger charge is 2.17. The standard InChI is InChI=1S/C13H28N2/c1-3-4-5-7-10-14-12-13-9-6-8-11-15(13)2/h13-14H,3-12H2,1-2H3. The predicted molar refractivity (Wildman–Crippen MR) is 67.3 cm³/mol. The molecule has 0 spiro atoms. The van der Waals surface area contributed by atoms with E-state index in [2.05, 4.69) is 24.2 Å². The lowest BCUT2D eigenvalue weighted by Gasteiger charge is -2.32. The zero-order valence-corrected chi connectivity index (χ0v) is 10.6. The molecule has 0 radical (unpaired) electrons. The second-order valence-electron chi connectivity index (χ2n) is 4.89. The van der Waals surface area contributed by atoms with Gasteiger partial charge in [-0.3, -0.25) is 0 Å². The molecule has 1 rings (SSSR count). The molecular formula is C13H28N2. The van der Waals surface area contributed by atoms with Gasteiger partial charge in [0.15, 0.2) is 0 Å². The Kier molecular flexibility index (Phi) is 7.03. The molecule has 0 aromatic heterocycles. The zero-order valence-electron chi connectivity index (χ0n) is 10.6. The summed E-state index contributed by atoms with van der Waals surface area (Å²) in [6, 6.07) is 0.796. The minimum absolute atomic E-state index is 0.796. The van der Waals surface area contributed by atoms with E-state index in [0.29, 0.717) is 0 Å². The van der Waals surface area contributed by atoms with Crippen molar-refractivity contribution in [3.63, 3.8) is 0 Å². The molecule has 0 amide bonds. The van der Waals surface area contributed by atoms with Crippen molar-refractivity contribution in [1.29, 1.82) is 0 Å². The van der Waals surface area contributed by atoms with Crippen molar-refractivity contribution in [2.75, 3.05) is 26.7 Å². The molecule has 1 fully saturated rings. The molecule has 1 heterocycles. The third-order valence-electron chi connectivity index (χ3n) is 3.51. The largest absolute Gasteiger partial charge is 0.315 e. The van der Waals surface area contributed by atoms with Gasteiger partial charge >= 0.3 is 0 Å². The lowest BCUT2D eigenvalue weighted by molar-refractivity contribution is 0.181. The number of nitrogens with zero attached hydrogens (tertiary/aromatic N) is 1. The Morgan fingerprint density at radius 2 is 2.07 bits per heavy atom. The van der Waals surface area contributed by atoms with E-state index in [9.17, 15) is 0 Å². The first-order valence-corrected chi connectivity index (χ1v) is 6.75. The van der Waals surface area contributed by atoms with Gasteiger partial charge in [-0.1, -0.05) is 32.6 Å². The van der Waals surface area contributed by atoms with Crippen molar-refractivity contribution in [2.45, 2.75) is 57.9 Å². The maximum atomic E-state index is 3.60. The molecule has 1 saturated heterocycles. The first-order valence-electron chi connectivity index (χ1n) is 6.75. The molecule has 1 aliphatic rings. The highest BCUT2D eigenvalue weighted by atomic mass is 15.2. The van der Waals surface area contributed by atoms with E-state index in [0.717, 1.165) is 6.04 Å².